The molecule has 3 aromatic heterocycles. The molecule has 0 bridgehead atoms. The second-order valence-electron chi connectivity index (χ2n) is 7.13. The van der Waals surface area contributed by atoms with Crippen molar-refractivity contribution >= 4 is 45.9 Å². The van der Waals surface area contributed by atoms with Gasteiger partial charge in [0, 0.05) is 27.9 Å². The van der Waals surface area contributed by atoms with E-state index in [9.17, 15) is 4.79 Å². The minimum Gasteiger partial charge on any atom is -0.492 e. The number of benzene rings is 1. The van der Waals surface area contributed by atoms with Crippen LogP contribution in [0, 0.1) is 0 Å². The monoisotopic (exact) mass is 527 g/mol. The van der Waals surface area contributed by atoms with Crippen molar-refractivity contribution in [2.45, 2.75) is 33.8 Å². The van der Waals surface area contributed by atoms with Crippen LogP contribution < -0.4 is 10.1 Å². The van der Waals surface area contributed by atoms with E-state index in [1.54, 1.807) is 11.6 Å². The molecule has 0 aliphatic rings. The zero-order valence-electron chi connectivity index (χ0n) is 19.3. The predicted molar refractivity (Wildman–Crippen MR) is 139 cm³/mol. The molecule has 9 nitrogen and oxygen atoms in total. The minimum absolute atomic E-state index is 0.314. The summed E-state index contributed by atoms with van der Waals surface area (Å²) < 4.78 is 5.88. The Labute approximate surface area is 216 Å². The smallest absolute Gasteiger partial charge is 0.277 e. The van der Waals surface area contributed by atoms with Gasteiger partial charge < -0.3 is 9.64 Å². The van der Waals surface area contributed by atoms with Gasteiger partial charge in [-0.05, 0) is 61.2 Å². The summed E-state index contributed by atoms with van der Waals surface area (Å²) in [5.74, 6) is 0.499. The third kappa shape index (κ3) is 7.28. The van der Waals surface area contributed by atoms with Gasteiger partial charge in [0.25, 0.3) is 5.91 Å². The van der Waals surface area contributed by atoms with E-state index in [-0.39, 0.29) is 5.91 Å². The first-order valence-corrected chi connectivity index (χ1v) is 13.5. The molecule has 4 rings (SSSR count). The van der Waals surface area contributed by atoms with Gasteiger partial charge in [0.05, 0.1) is 0 Å². The van der Waals surface area contributed by atoms with Gasteiger partial charge in [0.2, 0.25) is 0 Å². The summed E-state index contributed by atoms with van der Waals surface area (Å²) in [5, 5.41) is 13.0. The van der Waals surface area contributed by atoms with Crippen LogP contribution in [0.4, 0.5) is 5.13 Å². The van der Waals surface area contributed by atoms with E-state index >= 15 is 0 Å². The average molecular weight is 528 g/mol. The topological polar surface area (TPSA) is 109 Å². The van der Waals surface area contributed by atoms with Gasteiger partial charge in [-0.25, -0.2) is 15.0 Å². The summed E-state index contributed by atoms with van der Waals surface area (Å²) in [6.07, 6.45) is 3.07. The SMILES string of the molecule is CCN(CC)CCOc1ccc(Sc2ccc(Sc3ncn[nH]3)nc2C(=O)Nc2nccs2)cc1. The van der Waals surface area contributed by atoms with Gasteiger partial charge in [-0.2, -0.15) is 5.10 Å². The minimum atomic E-state index is -0.321. The fourth-order valence-electron chi connectivity index (χ4n) is 3.08. The van der Waals surface area contributed by atoms with Crippen LogP contribution in [0.1, 0.15) is 24.3 Å². The molecule has 0 saturated heterocycles. The first-order chi connectivity index (χ1) is 17.1. The van der Waals surface area contributed by atoms with Crippen molar-refractivity contribution in [3.05, 3.63) is 60.0 Å². The molecule has 0 aliphatic carbocycles. The maximum atomic E-state index is 13.1. The summed E-state index contributed by atoms with van der Waals surface area (Å²) in [6.45, 7) is 7.86. The lowest BCUT2D eigenvalue weighted by molar-refractivity contribution is 0.101. The number of nitrogens with one attached hydrogen (secondary N) is 2. The van der Waals surface area contributed by atoms with Gasteiger partial charge in [-0.3, -0.25) is 15.2 Å². The fraction of sp³-hybridized carbons (Fsp3) is 0.261. The van der Waals surface area contributed by atoms with E-state index in [0.29, 0.717) is 27.6 Å². The van der Waals surface area contributed by atoms with Crippen molar-refractivity contribution in [2.24, 2.45) is 0 Å². The number of hydrogen-bond donors (Lipinski definition) is 2. The maximum Gasteiger partial charge on any atom is 0.277 e. The van der Waals surface area contributed by atoms with E-state index < -0.39 is 0 Å². The second-order valence-corrected chi connectivity index (χ2v) is 10.1. The number of rotatable bonds is 12. The largest absolute Gasteiger partial charge is 0.492 e. The van der Waals surface area contributed by atoms with Crippen LogP contribution in [0.25, 0.3) is 0 Å². The highest BCUT2D eigenvalue weighted by Gasteiger charge is 2.18. The van der Waals surface area contributed by atoms with Gasteiger partial charge in [-0.15, -0.1) is 11.3 Å². The molecule has 1 aromatic carbocycles. The van der Waals surface area contributed by atoms with Crippen LogP contribution in [0.15, 0.2) is 74.3 Å². The Bertz CT molecular complexity index is 1200. The van der Waals surface area contributed by atoms with E-state index in [1.165, 1.54) is 41.2 Å². The van der Waals surface area contributed by atoms with Crippen molar-refractivity contribution in [3.8, 4) is 5.75 Å². The van der Waals surface area contributed by atoms with Crippen LogP contribution >= 0.6 is 34.9 Å². The number of aromatic nitrogens is 5. The lowest BCUT2D eigenvalue weighted by Crippen LogP contribution is -2.27. The van der Waals surface area contributed by atoms with E-state index in [0.717, 1.165) is 35.2 Å². The molecule has 2 N–H and O–H groups in total. The van der Waals surface area contributed by atoms with Gasteiger partial charge in [0.15, 0.2) is 10.3 Å². The summed E-state index contributed by atoms with van der Waals surface area (Å²) in [6, 6.07) is 11.6. The normalized spacial score (nSPS) is 11.1. The van der Waals surface area contributed by atoms with Crippen LogP contribution in [0.5, 0.6) is 5.75 Å². The molecule has 182 valence electrons. The number of carbonyl (C=O) groups excluding carboxylic acids is 1. The zero-order chi connectivity index (χ0) is 24.5. The molecule has 0 aliphatic heterocycles. The first-order valence-electron chi connectivity index (χ1n) is 11.0. The van der Waals surface area contributed by atoms with Crippen molar-refractivity contribution < 1.29 is 9.53 Å². The molecule has 35 heavy (non-hydrogen) atoms. The number of hydrogen-bond acceptors (Lipinski definition) is 10. The summed E-state index contributed by atoms with van der Waals surface area (Å²) in [4.78, 5) is 30.0. The number of pyridine rings is 1. The molecule has 0 atom stereocenters. The Balaban J connectivity index is 1.48. The molecule has 1 amide bonds. The molecule has 4 aromatic rings. The Morgan fingerprint density at radius 2 is 1.94 bits per heavy atom. The maximum absolute atomic E-state index is 13.1. The molecular weight excluding hydrogens is 503 g/mol. The summed E-state index contributed by atoms with van der Waals surface area (Å²) >= 11 is 4.12. The molecule has 0 spiro atoms. The molecule has 0 unspecified atom stereocenters. The van der Waals surface area contributed by atoms with E-state index in [2.05, 4.69) is 49.2 Å². The number of thiazole rings is 1. The molecule has 0 saturated carbocycles. The fourth-order valence-corrected chi connectivity index (χ4v) is 5.17. The highest BCUT2D eigenvalue weighted by Crippen LogP contribution is 2.33. The number of ether oxygens (including phenoxy) is 1. The van der Waals surface area contributed by atoms with Crippen LogP contribution in [-0.4, -0.2) is 62.2 Å². The lowest BCUT2D eigenvalue weighted by atomic mass is 10.3. The number of aromatic amines is 1. The molecular formula is C23H25N7O2S3. The third-order valence-corrected chi connectivity index (χ3v) is 7.49. The number of nitrogens with zero attached hydrogens (tertiary/aromatic N) is 5. The van der Waals surface area contributed by atoms with Crippen LogP contribution in [-0.2, 0) is 0 Å². The average Bonchev–Trinajstić information content (AvgIpc) is 3.58. The molecule has 0 fully saturated rings. The van der Waals surface area contributed by atoms with Crippen LogP contribution in [0.3, 0.4) is 0 Å². The first kappa shape index (κ1) is 25.2. The Hall–Kier alpha value is -2.93. The standard InChI is InChI=1S/C23H25N7O2S3/c1-3-30(4-2)12-13-32-16-5-7-17(8-6-16)34-18-9-10-19(35-23-25-15-26-29-23)27-20(18)21(31)28-22-24-11-14-33-22/h5-11,14-15H,3-4,12-13H2,1-2H3,(H,24,28,31)(H,25,26,29). The quantitative estimate of drug-likeness (QED) is 0.265. The zero-order valence-corrected chi connectivity index (χ0v) is 21.8. The van der Waals surface area contributed by atoms with Crippen molar-refractivity contribution in [1.82, 2.24) is 30.0 Å². The third-order valence-electron chi connectivity index (χ3n) is 4.92. The molecule has 12 heteroatoms. The number of amides is 1. The second kappa shape index (κ2) is 12.7. The summed E-state index contributed by atoms with van der Waals surface area (Å²) in [7, 11) is 0. The van der Waals surface area contributed by atoms with Crippen molar-refractivity contribution in [2.75, 3.05) is 31.6 Å². The van der Waals surface area contributed by atoms with Crippen molar-refractivity contribution in [3.63, 3.8) is 0 Å². The van der Waals surface area contributed by atoms with Crippen molar-refractivity contribution in [1.29, 1.82) is 0 Å². The van der Waals surface area contributed by atoms with Crippen LogP contribution in [0.2, 0.25) is 0 Å². The Morgan fingerprint density at radius 3 is 2.63 bits per heavy atom. The van der Waals surface area contributed by atoms with E-state index in [4.69, 9.17) is 4.74 Å². The Morgan fingerprint density at radius 1 is 1.11 bits per heavy atom. The highest BCUT2D eigenvalue weighted by molar-refractivity contribution is 7.99. The predicted octanol–water partition coefficient (Wildman–Crippen LogP) is 4.93. The highest BCUT2D eigenvalue weighted by atomic mass is 32.2. The van der Waals surface area contributed by atoms with E-state index in [1.807, 2.05) is 36.4 Å². The number of carbonyl (C=O) groups is 1. The number of likely N-dealkylation sites (N-methyl/N-ethyl adjacent to an activating group) is 1. The number of anilines is 1. The molecule has 0 radical (unpaired) electrons. The summed E-state index contributed by atoms with van der Waals surface area (Å²) in [5.41, 5.74) is 0.314. The lowest BCUT2D eigenvalue weighted by Gasteiger charge is -2.18. The molecule has 3 heterocycles. The number of H-pyrrole nitrogens is 1. The van der Waals surface area contributed by atoms with Gasteiger partial charge >= 0.3 is 0 Å². The van der Waals surface area contributed by atoms with Gasteiger partial charge in [0.1, 0.15) is 29.4 Å². The Kier molecular flexibility index (Phi) is 9.12. The van der Waals surface area contributed by atoms with Gasteiger partial charge in [-0.1, -0.05) is 25.6 Å².